The van der Waals surface area contributed by atoms with E-state index < -0.39 is 21.8 Å². The highest BCUT2D eigenvalue weighted by molar-refractivity contribution is 7.90. The predicted molar refractivity (Wildman–Crippen MR) is 93.2 cm³/mol. The van der Waals surface area contributed by atoms with E-state index in [0.29, 0.717) is 0 Å². The fourth-order valence-electron chi connectivity index (χ4n) is 3.09. The van der Waals surface area contributed by atoms with Crippen molar-refractivity contribution in [3.05, 3.63) is 48.2 Å². The fourth-order valence-corrected chi connectivity index (χ4v) is 4.26. The first kappa shape index (κ1) is 18.1. The molecule has 8 nitrogen and oxygen atoms in total. The molecule has 2 unspecified atom stereocenters. The van der Waals surface area contributed by atoms with Gasteiger partial charge in [-0.3, -0.25) is 14.3 Å². The molecule has 0 aliphatic carbocycles. The zero-order chi connectivity index (χ0) is 18.9. The van der Waals surface area contributed by atoms with E-state index in [2.05, 4.69) is 9.82 Å². The molecule has 2 atom stereocenters. The van der Waals surface area contributed by atoms with Gasteiger partial charge in [0.1, 0.15) is 0 Å². The van der Waals surface area contributed by atoms with Crippen LogP contribution in [-0.2, 0) is 26.7 Å². The molecule has 0 saturated carbocycles. The van der Waals surface area contributed by atoms with Crippen molar-refractivity contribution in [2.24, 2.45) is 13.0 Å². The first-order chi connectivity index (χ1) is 12.3. The van der Waals surface area contributed by atoms with Crippen molar-refractivity contribution in [3.8, 4) is 0 Å². The van der Waals surface area contributed by atoms with Crippen molar-refractivity contribution in [2.45, 2.75) is 24.4 Å². The zero-order valence-corrected chi connectivity index (χ0v) is 15.3. The summed E-state index contributed by atoms with van der Waals surface area (Å²) in [7, 11) is -2.55. The van der Waals surface area contributed by atoms with Crippen molar-refractivity contribution < 1.29 is 18.0 Å². The number of amides is 2. The summed E-state index contributed by atoms with van der Waals surface area (Å²) in [6.07, 6.45) is 1.32. The van der Waals surface area contributed by atoms with Crippen LogP contribution >= 0.6 is 0 Å². The summed E-state index contributed by atoms with van der Waals surface area (Å²) in [6.45, 7) is 2.07. The van der Waals surface area contributed by atoms with Gasteiger partial charge < -0.3 is 4.90 Å². The summed E-state index contributed by atoms with van der Waals surface area (Å²) in [4.78, 5) is 26.4. The summed E-state index contributed by atoms with van der Waals surface area (Å²) in [5.74, 6) is -1.56. The molecule has 1 aliphatic heterocycles. The molecule has 2 aromatic rings. The second-order valence-corrected chi connectivity index (χ2v) is 7.93. The predicted octanol–water partition coefficient (Wildman–Crippen LogP) is 0.835. The largest absolute Gasteiger partial charge is 0.335 e. The Bertz CT molecular complexity index is 923. The van der Waals surface area contributed by atoms with Crippen LogP contribution in [0.5, 0.6) is 0 Å². The maximum atomic E-state index is 12.4. The Kier molecular flexibility index (Phi) is 4.82. The van der Waals surface area contributed by atoms with Gasteiger partial charge in [-0.25, -0.2) is 4.72 Å². The lowest BCUT2D eigenvalue weighted by molar-refractivity contribution is -0.130. The van der Waals surface area contributed by atoms with Gasteiger partial charge in [0.05, 0.1) is 18.2 Å². The fraction of sp³-hybridized carbons (Fsp3) is 0.353. The van der Waals surface area contributed by atoms with E-state index in [0.717, 1.165) is 5.56 Å². The maximum Gasteiger partial charge on any atom is 0.281 e. The second kappa shape index (κ2) is 6.91. The van der Waals surface area contributed by atoms with Crippen LogP contribution in [-0.4, -0.2) is 41.5 Å². The Morgan fingerprint density at radius 3 is 2.58 bits per heavy atom. The minimum Gasteiger partial charge on any atom is -0.335 e. The normalized spacial score (nSPS) is 18.8. The smallest absolute Gasteiger partial charge is 0.281 e. The summed E-state index contributed by atoms with van der Waals surface area (Å²) in [6, 6.07) is 10.6. The van der Waals surface area contributed by atoms with E-state index in [1.807, 2.05) is 37.3 Å². The van der Waals surface area contributed by atoms with Gasteiger partial charge in [0, 0.05) is 20.0 Å². The van der Waals surface area contributed by atoms with Gasteiger partial charge in [0.15, 0.2) is 5.03 Å². The third-order valence-electron chi connectivity index (χ3n) is 4.56. The van der Waals surface area contributed by atoms with Crippen molar-refractivity contribution in [3.63, 3.8) is 0 Å². The van der Waals surface area contributed by atoms with Crippen molar-refractivity contribution in [1.29, 1.82) is 0 Å². The highest BCUT2D eigenvalue weighted by Crippen LogP contribution is 2.28. The summed E-state index contributed by atoms with van der Waals surface area (Å²) < 4.78 is 27.8. The molecule has 1 N–H and O–H groups in total. The minimum absolute atomic E-state index is 0.0100. The van der Waals surface area contributed by atoms with Crippen LogP contribution in [0.25, 0.3) is 0 Å². The minimum atomic E-state index is -4.02. The number of nitrogens with zero attached hydrogens (tertiary/aromatic N) is 3. The van der Waals surface area contributed by atoms with Crippen LogP contribution in [0.15, 0.2) is 47.6 Å². The Morgan fingerprint density at radius 1 is 1.27 bits per heavy atom. The van der Waals surface area contributed by atoms with Crippen LogP contribution in [0.1, 0.15) is 24.9 Å². The molecule has 0 radical (unpaired) electrons. The van der Waals surface area contributed by atoms with Crippen LogP contribution in [0.2, 0.25) is 0 Å². The third-order valence-corrected chi connectivity index (χ3v) is 5.99. The van der Waals surface area contributed by atoms with Gasteiger partial charge in [-0.15, -0.1) is 0 Å². The van der Waals surface area contributed by atoms with E-state index in [9.17, 15) is 18.0 Å². The maximum absolute atomic E-state index is 12.4. The van der Waals surface area contributed by atoms with E-state index in [1.54, 1.807) is 4.90 Å². The van der Waals surface area contributed by atoms with Gasteiger partial charge in [0.2, 0.25) is 11.8 Å². The number of hydrogen-bond acceptors (Lipinski definition) is 5. The van der Waals surface area contributed by atoms with Crippen LogP contribution in [0, 0.1) is 5.92 Å². The van der Waals surface area contributed by atoms with Crippen LogP contribution in [0.3, 0.4) is 0 Å². The number of carbonyl (C=O) groups is 2. The van der Waals surface area contributed by atoms with Gasteiger partial charge in [-0.2, -0.15) is 13.5 Å². The molecule has 1 aromatic heterocycles. The topological polar surface area (TPSA) is 101 Å². The highest BCUT2D eigenvalue weighted by atomic mass is 32.2. The molecule has 0 spiro atoms. The Labute approximate surface area is 151 Å². The molecule has 9 heteroatoms. The number of sulfonamides is 1. The van der Waals surface area contributed by atoms with Crippen molar-refractivity contribution in [2.75, 3.05) is 6.54 Å². The number of carbonyl (C=O) groups excluding carboxylic acids is 2. The molecule has 1 fully saturated rings. The molecule has 2 heterocycles. The summed E-state index contributed by atoms with van der Waals surface area (Å²) >= 11 is 0. The Morgan fingerprint density at radius 2 is 1.96 bits per heavy atom. The van der Waals surface area contributed by atoms with E-state index in [-0.39, 0.29) is 29.9 Å². The van der Waals surface area contributed by atoms with Crippen LogP contribution in [0.4, 0.5) is 0 Å². The van der Waals surface area contributed by atoms with Crippen LogP contribution < -0.4 is 4.72 Å². The van der Waals surface area contributed by atoms with Crippen molar-refractivity contribution in [1.82, 2.24) is 19.4 Å². The number of likely N-dealkylation sites (tertiary alicyclic amines) is 1. The molecule has 2 amide bonds. The number of hydrogen-bond donors (Lipinski definition) is 1. The van der Waals surface area contributed by atoms with Gasteiger partial charge in [0.25, 0.3) is 10.0 Å². The summed E-state index contributed by atoms with van der Waals surface area (Å²) in [5, 5.41) is 3.69. The number of aromatic nitrogens is 2. The lowest BCUT2D eigenvalue weighted by Gasteiger charge is -2.25. The molecule has 1 aromatic carbocycles. The molecule has 1 aliphatic rings. The molecule has 1 saturated heterocycles. The molecule has 138 valence electrons. The molecular weight excluding hydrogens is 356 g/mol. The van der Waals surface area contributed by atoms with Gasteiger partial charge in [-0.05, 0) is 18.6 Å². The quantitative estimate of drug-likeness (QED) is 0.833. The SMILES string of the molecule is CC(c1ccccc1)N1CC(C(=O)NS(=O)(=O)c2ccnn2C)CC1=O. The zero-order valence-electron chi connectivity index (χ0n) is 14.5. The van der Waals surface area contributed by atoms with E-state index in [1.165, 1.54) is 24.0 Å². The highest BCUT2D eigenvalue weighted by Gasteiger charge is 2.38. The van der Waals surface area contributed by atoms with Gasteiger partial charge >= 0.3 is 0 Å². The lowest BCUT2D eigenvalue weighted by Crippen LogP contribution is -2.38. The first-order valence-electron chi connectivity index (χ1n) is 8.18. The average molecular weight is 376 g/mol. The molecule has 0 bridgehead atoms. The Hall–Kier alpha value is -2.68. The lowest BCUT2D eigenvalue weighted by atomic mass is 10.1. The van der Waals surface area contributed by atoms with E-state index >= 15 is 0 Å². The molecule has 26 heavy (non-hydrogen) atoms. The van der Waals surface area contributed by atoms with Gasteiger partial charge in [-0.1, -0.05) is 30.3 Å². The second-order valence-electron chi connectivity index (χ2n) is 6.30. The first-order valence-corrected chi connectivity index (χ1v) is 9.67. The number of rotatable bonds is 5. The third kappa shape index (κ3) is 3.48. The molecular formula is C17H20N4O4S. The monoisotopic (exact) mass is 376 g/mol. The Balaban J connectivity index is 1.70. The molecule has 3 rings (SSSR count). The number of benzene rings is 1. The number of nitrogens with one attached hydrogen (secondary N) is 1. The standard InChI is InChI=1S/C17H20N4O4S/c1-12(13-6-4-3-5-7-13)21-11-14(10-15(21)22)17(23)19-26(24,25)16-8-9-18-20(16)2/h3-9,12,14H,10-11H2,1-2H3,(H,19,23). The van der Waals surface area contributed by atoms with E-state index in [4.69, 9.17) is 0 Å². The number of aryl methyl sites for hydroxylation is 1. The van der Waals surface area contributed by atoms with Crippen molar-refractivity contribution >= 4 is 21.8 Å². The summed E-state index contributed by atoms with van der Waals surface area (Å²) in [5.41, 5.74) is 0.962. The average Bonchev–Trinajstić information content (AvgIpc) is 3.21.